The van der Waals surface area contributed by atoms with Crippen LogP contribution in [0.5, 0.6) is 5.75 Å². The SMILES string of the molecule is CNC(=O)c1cc(OC2CCCN(c3nccs3)C2)ccn1. The molecule has 22 heavy (non-hydrogen) atoms. The molecule has 1 fully saturated rings. The third-order valence-electron chi connectivity index (χ3n) is 3.56. The maximum absolute atomic E-state index is 11.6. The highest BCUT2D eigenvalue weighted by Gasteiger charge is 2.23. The topological polar surface area (TPSA) is 67.3 Å². The summed E-state index contributed by atoms with van der Waals surface area (Å²) in [7, 11) is 1.59. The number of carbonyl (C=O) groups excluding carboxylic acids is 1. The molecule has 0 saturated carbocycles. The molecule has 2 aromatic rings. The number of nitrogens with zero attached hydrogens (tertiary/aromatic N) is 3. The molecule has 1 aliphatic rings. The summed E-state index contributed by atoms with van der Waals surface area (Å²) >= 11 is 1.64. The van der Waals surface area contributed by atoms with Crippen LogP contribution in [0.1, 0.15) is 23.3 Å². The lowest BCUT2D eigenvalue weighted by Gasteiger charge is -2.32. The first-order chi connectivity index (χ1) is 10.8. The Balaban J connectivity index is 1.66. The van der Waals surface area contributed by atoms with Gasteiger partial charge in [-0.25, -0.2) is 4.98 Å². The number of thiazole rings is 1. The molecule has 2 aromatic heterocycles. The highest BCUT2D eigenvalue weighted by molar-refractivity contribution is 7.13. The summed E-state index contributed by atoms with van der Waals surface area (Å²) in [6.45, 7) is 1.82. The van der Waals surface area contributed by atoms with Gasteiger partial charge in [-0.05, 0) is 18.9 Å². The Morgan fingerprint density at radius 2 is 2.36 bits per heavy atom. The Bertz CT molecular complexity index is 632. The van der Waals surface area contributed by atoms with Gasteiger partial charge in [0.1, 0.15) is 17.5 Å². The molecule has 6 nitrogen and oxygen atoms in total. The van der Waals surface area contributed by atoms with Crippen LogP contribution in [-0.2, 0) is 0 Å². The predicted octanol–water partition coefficient (Wildman–Crippen LogP) is 1.95. The van der Waals surface area contributed by atoms with E-state index in [1.807, 2.05) is 11.6 Å². The van der Waals surface area contributed by atoms with Gasteiger partial charge in [0.2, 0.25) is 0 Å². The Morgan fingerprint density at radius 3 is 3.14 bits per heavy atom. The minimum absolute atomic E-state index is 0.0950. The fourth-order valence-electron chi connectivity index (χ4n) is 2.51. The number of anilines is 1. The van der Waals surface area contributed by atoms with Crippen LogP contribution in [0.25, 0.3) is 0 Å². The second kappa shape index (κ2) is 6.74. The van der Waals surface area contributed by atoms with Crippen molar-refractivity contribution in [1.82, 2.24) is 15.3 Å². The fraction of sp³-hybridized carbons (Fsp3) is 0.400. The summed E-state index contributed by atoms with van der Waals surface area (Å²) in [5, 5.41) is 5.59. The van der Waals surface area contributed by atoms with E-state index in [1.54, 1.807) is 36.7 Å². The zero-order valence-corrected chi connectivity index (χ0v) is 13.2. The van der Waals surface area contributed by atoms with Crippen molar-refractivity contribution in [1.29, 1.82) is 0 Å². The van der Waals surface area contributed by atoms with Crippen LogP contribution < -0.4 is 15.0 Å². The lowest BCUT2D eigenvalue weighted by atomic mass is 10.1. The molecular formula is C15H18N4O2S. The minimum atomic E-state index is -0.210. The molecule has 0 radical (unpaired) electrons. The summed E-state index contributed by atoms with van der Waals surface area (Å²) in [6, 6.07) is 3.47. The van der Waals surface area contributed by atoms with Gasteiger partial charge in [0.15, 0.2) is 5.13 Å². The normalized spacial score (nSPS) is 18.0. The molecule has 0 bridgehead atoms. The number of carbonyl (C=O) groups is 1. The summed E-state index contributed by atoms with van der Waals surface area (Å²) in [5.41, 5.74) is 0.368. The van der Waals surface area contributed by atoms with E-state index in [4.69, 9.17) is 4.74 Å². The van der Waals surface area contributed by atoms with E-state index < -0.39 is 0 Å². The quantitative estimate of drug-likeness (QED) is 0.933. The first-order valence-corrected chi connectivity index (χ1v) is 8.13. The number of amides is 1. The van der Waals surface area contributed by atoms with Crippen LogP contribution in [0.15, 0.2) is 29.9 Å². The number of nitrogens with one attached hydrogen (secondary N) is 1. The highest BCUT2D eigenvalue weighted by Crippen LogP contribution is 2.24. The van der Waals surface area contributed by atoms with Crippen molar-refractivity contribution in [3.63, 3.8) is 0 Å². The molecule has 7 heteroatoms. The van der Waals surface area contributed by atoms with Crippen LogP contribution in [0.3, 0.4) is 0 Å². The molecule has 1 atom stereocenters. The van der Waals surface area contributed by atoms with Gasteiger partial charge in [-0.3, -0.25) is 9.78 Å². The van der Waals surface area contributed by atoms with Gasteiger partial charge >= 0.3 is 0 Å². The number of pyridine rings is 1. The highest BCUT2D eigenvalue weighted by atomic mass is 32.1. The van der Waals surface area contributed by atoms with Gasteiger partial charge in [0.25, 0.3) is 5.91 Å². The number of piperidine rings is 1. The van der Waals surface area contributed by atoms with Crippen molar-refractivity contribution >= 4 is 22.4 Å². The largest absolute Gasteiger partial charge is 0.488 e. The predicted molar refractivity (Wildman–Crippen MR) is 85.6 cm³/mol. The summed E-state index contributed by atoms with van der Waals surface area (Å²) in [5.74, 6) is 0.470. The van der Waals surface area contributed by atoms with Crippen molar-refractivity contribution in [3.05, 3.63) is 35.6 Å². The average molecular weight is 318 g/mol. The van der Waals surface area contributed by atoms with E-state index in [9.17, 15) is 4.79 Å². The van der Waals surface area contributed by atoms with Crippen LogP contribution in [-0.4, -0.2) is 42.1 Å². The zero-order chi connectivity index (χ0) is 15.4. The third kappa shape index (κ3) is 3.36. The number of rotatable bonds is 4. The molecule has 3 rings (SSSR count). The number of ether oxygens (including phenoxy) is 1. The standard InChI is InChI=1S/C15H18N4O2S/c1-16-14(20)13-9-11(4-5-17-13)21-12-3-2-7-19(10-12)15-18-6-8-22-15/h4-6,8-9,12H,2-3,7,10H2,1H3,(H,16,20). The maximum atomic E-state index is 11.6. The van der Waals surface area contributed by atoms with Gasteiger partial charge in [0, 0.05) is 37.4 Å². The smallest absolute Gasteiger partial charge is 0.269 e. The lowest BCUT2D eigenvalue weighted by Crippen LogP contribution is -2.41. The van der Waals surface area contributed by atoms with Crippen LogP contribution in [0.4, 0.5) is 5.13 Å². The Kier molecular flexibility index (Phi) is 4.53. The molecule has 0 spiro atoms. The van der Waals surface area contributed by atoms with Crippen molar-refractivity contribution in [2.75, 3.05) is 25.0 Å². The molecule has 1 N–H and O–H groups in total. The maximum Gasteiger partial charge on any atom is 0.269 e. The molecule has 0 aromatic carbocycles. The zero-order valence-electron chi connectivity index (χ0n) is 12.4. The average Bonchev–Trinajstić information content (AvgIpc) is 3.09. The van der Waals surface area contributed by atoms with Crippen LogP contribution in [0, 0.1) is 0 Å². The van der Waals surface area contributed by atoms with E-state index >= 15 is 0 Å². The number of hydrogen-bond donors (Lipinski definition) is 1. The van der Waals surface area contributed by atoms with E-state index in [-0.39, 0.29) is 12.0 Å². The van der Waals surface area contributed by atoms with Gasteiger partial charge < -0.3 is 15.0 Å². The molecule has 116 valence electrons. The van der Waals surface area contributed by atoms with Crippen LogP contribution >= 0.6 is 11.3 Å². The van der Waals surface area contributed by atoms with Crippen molar-refractivity contribution in [2.24, 2.45) is 0 Å². The summed E-state index contributed by atoms with van der Waals surface area (Å²) in [6.07, 6.45) is 5.58. The Morgan fingerprint density at radius 1 is 1.45 bits per heavy atom. The Hall–Kier alpha value is -2.15. The van der Waals surface area contributed by atoms with E-state index in [1.165, 1.54) is 0 Å². The third-order valence-corrected chi connectivity index (χ3v) is 4.39. The molecule has 0 aliphatic carbocycles. The molecule has 1 amide bonds. The van der Waals surface area contributed by atoms with E-state index in [0.717, 1.165) is 31.1 Å². The summed E-state index contributed by atoms with van der Waals surface area (Å²) < 4.78 is 6.03. The second-order valence-corrected chi connectivity index (χ2v) is 5.97. The van der Waals surface area contributed by atoms with Crippen molar-refractivity contribution < 1.29 is 9.53 Å². The monoisotopic (exact) mass is 318 g/mol. The van der Waals surface area contributed by atoms with Crippen molar-refractivity contribution in [3.8, 4) is 5.75 Å². The molecule has 1 aliphatic heterocycles. The first kappa shape index (κ1) is 14.8. The second-order valence-electron chi connectivity index (χ2n) is 5.10. The van der Waals surface area contributed by atoms with Gasteiger partial charge in [-0.1, -0.05) is 0 Å². The van der Waals surface area contributed by atoms with E-state index in [2.05, 4.69) is 20.2 Å². The molecule has 1 saturated heterocycles. The number of hydrogen-bond acceptors (Lipinski definition) is 6. The molecular weight excluding hydrogens is 300 g/mol. The van der Waals surface area contributed by atoms with Gasteiger partial charge in [-0.2, -0.15) is 0 Å². The first-order valence-electron chi connectivity index (χ1n) is 7.25. The van der Waals surface area contributed by atoms with Crippen LogP contribution in [0.2, 0.25) is 0 Å². The minimum Gasteiger partial charge on any atom is -0.488 e. The lowest BCUT2D eigenvalue weighted by molar-refractivity contribution is 0.0957. The van der Waals surface area contributed by atoms with Gasteiger partial charge in [0.05, 0.1) is 6.54 Å². The Labute approximate surface area is 133 Å². The van der Waals surface area contributed by atoms with Crippen molar-refractivity contribution in [2.45, 2.75) is 18.9 Å². The fourth-order valence-corrected chi connectivity index (χ4v) is 3.19. The van der Waals surface area contributed by atoms with E-state index in [0.29, 0.717) is 11.4 Å². The molecule has 1 unspecified atom stereocenters. The summed E-state index contributed by atoms with van der Waals surface area (Å²) in [4.78, 5) is 22.3. The number of aromatic nitrogens is 2. The van der Waals surface area contributed by atoms with Gasteiger partial charge in [-0.15, -0.1) is 11.3 Å². The molecule has 3 heterocycles.